The van der Waals surface area contributed by atoms with E-state index in [-0.39, 0.29) is 6.04 Å². The Morgan fingerprint density at radius 3 is 2.55 bits per heavy atom. The second kappa shape index (κ2) is 6.53. The molecular weight excluding hydrogens is 250 g/mol. The highest BCUT2D eigenvalue weighted by atomic mass is 16.4. The van der Waals surface area contributed by atoms with Crippen molar-refractivity contribution >= 4 is 16.7 Å². The van der Waals surface area contributed by atoms with Crippen molar-refractivity contribution in [2.45, 2.75) is 38.8 Å². The molecule has 0 radical (unpaired) electrons. The van der Waals surface area contributed by atoms with Gasteiger partial charge in [-0.05, 0) is 35.7 Å². The SMILES string of the molecule is CCCC(NC(C)c1ccc2ccccc2c1)C(=O)O. The molecule has 0 heterocycles. The Bertz CT molecular complexity index is 594. The molecule has 2 aromatic carbocycles. The largest absolute Gasteiger partial charge is 0.480 e. The van der Waals surface area contributed by atoms with Gasteiger partial charge in [0.1, 0.15) is 6.04 Å². The molecular formula is C17H21NO2. The summed E-state index contributed by atoms with van der Waals surface area (Å²) in [7, 11) is 0. The number of nitrogens with one attached hydrogen (secondary N) is 1. The van der Waals surface area contributed by atoms with Crippen LogP contribution >= 0.6 is 0 Å². The topological polar surface area (TPSA) is 49.3 Å². The summed E-state index contributed by atoms with van der Waals surface area (Å²) in [5.74, 6) is -0.778. The van der Waals surface area contributed by atoms with Gasteiger partial charge >= 0.3 is 5.97 Å². The highest BCUT2D eigenvalue weighted by Gasteiger charge is 2.19. The fourth-order valence-electron chi connectivity index (χ4n) is 2.44. The fraction of sp³-hybridized carbons (Fsp3) is 0.353. The maximum Gasteiger partial charge on any atom is 0.320 e. The summed E-state index contributed by atoms with van der Waals surface area (Å²) >= 11 is 0. The number of hydrogen-bond donors (Lipinski definition) is 2. The highest BCUT2D eigenvalue weighted by Crippen LogP contribution is 2.21. The second-order valence-electron chi connectivity index (χ2n) is 5.17. The number of carbonyl (C=O) groups is 1. The molecule has 2 aromatic rings. The molecule has 0 aromatic heterocycles. The summed E-state index contributed by atoms with van der Waals surface area (Å²) in [6.45, 7) is 4.01. The lowest BCUT2D eigenvalue weighted by Crippen LogP contribution is -2.38. The van der Waals surface area contributed by atoms with Crippen molar-refractivity contribution in [2.24, 2.45) is 0 Å². The third-order valence-corrected chi connectivity index (χ3v) is 3.60. The molecule has 3 nitrogen and oxygen atoms in total. The van der Waals surface area contributed by atoms with E-state index in [9.17, 15) is 9.90 Å². The van der Waals surface area contributed by atoms with Crippen molar-refractivity contribution in [3.05, 3.63) is 48.0 Å². The predicted molar refractivity (Wildman–Crippen MR) is 81.8 cm³/mol. The highest BCUT2D eigenvalue weighted by molar-refractivity contribution is 5.83. The molecule has 2 rings (SSSR count). The fourth-order valence-corrected chi connectivity index (χ4v) is 2.44. The Kier molecular flexibility index (Phi) is 4.74. The van der Waals surface area contributed by atoms with Gasteiger partial charge in [0.05, 0.1) is 0 Å². The van der Waals surface area contributed by atoms with Gasteiger partial charge in [0, 0.05) is 6.04 Å². The van der Waals surface area contributed by atoms with Crippen LogP contribution in [-0.2, 0) is 4.79 Å². The maximum absolute atomic E-state index is 11.2. The van der Waals surface area contributed by atoms with Crippen LogP contribution in [0.15, 0.2) is 42.5 Å². The first-order chi connectivity index (χ1) is 9.61. The minimum absolute atomic E-state index is 0.0206. The van der Waals surface area contributed by atoms with Gasteiger partial charge in [0.2, 0.25) is 0 Å². The predicted octanol–water partition coefficient (Wildman–Crippen LogP) is 3.74. The molecule has 2 atom stereocenters. The Morgan fingerprint density at radius 2 is 1.90 bits per heavy atom. The van der Waals surface area contributed by atoms with Gasteiger partial charge in [-0.1, -0.05) is 49.7 Å². The number of aliphatic carboxylic acids is 1. The van der Waals surface area contributed by atoms with E-state index in [1.54, 1.807) is 0 Å². The lowest BCUT2D eigenvalue weighted by Gasteiger charge is -2.20. The Morgan fingerprint density at radius 1 is 1.20 bits per heavy atom. The lowest BCUT2D eigenvalue weighted by atomic mass is 10.0. The van der Waals surface area contributed by atoms with Crippen LogP contribution < -0.4 is 5.32 Å². The molecule has 0 bridgehead atoms. The van der Waals surface area contributed by atoms with E-state index in [0.29, 0.717) is 6.42 Å². The third kappa shape index (κ3) is 3.36. The van der Waals surface area contributed by atoms with Gasteiger partial charge in [-0.25, -0.2) is 0 Å². The van der Waals surface area contributed by atoms with Gasteiger partial charge in [0.25, 0.3) is 0 Å². The zero-order valence-electron chi connectivity index (χ0n) is 12.0. The normalized spacial score (nSPS) is 14.1. The molecule has 0 aliphatic carbocycles. The molecule has 0 saturated heterocycles. The zero-order chi connectivity index (χ0) is 14.5. The van der Waals surface area contributed by atoms with Crippen LogP contribution in [0.3, 0.4) is 0 Å². The molecule has 0 saturated carbocycles. The first kappa shape index (κ1) is 14.5. The van der Waals surface area contributed by atoms with Crippen LogP contribution in [0.25, 0.3) is 10.8 Å². The van der Waals surface area contributed by atoms with Gasteiger partial charge in [-0.2, -0.15) is 0 Å². The second-order valence-corrected chi connectivity index (χ2v) is 5.17. The molecule has 20 heavy (non-hydrogen) atoms. The Labute approximate surface area is 119 Å². The number of fused-ring (bicyclic) bond motifs is 1. The number of benzene rings is 2. The summed E-state index contributed by atoms with van der Waals surface area (Å²) in [4.78, 5) is 11.2. The van der Waals surface area contributed by atoms with E-state index in [2.05, 4.69) is 35.6 Å². The van der Waals surface area contributed by atoms with Crippen LogP contribution in [0, 0.1) is 0 Å². The van der Waals surface area contributed by atoms with Crippen LogP contribution in [0.2, 0.25) is 0 Å². The number of carboxylic acids is 1. The lowest BCUT2D eigenvalue weighted by molar-refractivity contribution is -0.139. The van der Waals surface area contributed by atoms with Crippen molar-refractivity contribution in [1.29, 1.82) is 0 Å². The average molecular weight is 271 g/mol. The van der Waals surface area contributed by atoms with Crippen molar-refractivity contribution in [1.82, 2.24) is 5.32 Å². The van der Waals surface area contributed by atoms with Gasteiger partial charge in [-0.15, -0.1) is 0 Å². The molecule has 0 spiro atoms. The smallest absolute Gasteiger partial charge is 0.320 e. The van der Waals surface area contributed by atoms with Crippen molar-refractivity contribution in [3.8, 4) is 0 Å². The molecule has 2 unspecified atom stereocenters. The first-order valence-corrected chi connectivity index (χ1v) is 7.09. The molecule has 106 valence electrons. The number of rotatable bonds is 6. The van der Waals surface area contributed by atoms with E-state index in [0.717, 1.165) is 12.0 Å². The van der Waals surface area contributed by atoms with E-state index in [1.807, 2.05) is 26.0 Å². The zero-order valence-corrected chi connectivity index (χ0v) is 12.0. The summed E-state index contributed by atoms with van der Waals surface area (Å²) in [5.41, 5.74) is 1.12. The van der Waals surface area contributed by atoms with Gasteiger partial charge < -0.3 is 5.11 Å². The summed E-state index contributed by atoms with van der Waals surface area (Å²) in [5, 5.41) is 14.8. The molecule has 2 N–H and O–H groups in total. The maximum atomic E-state index is 11.2. The Balaban J connectivity index is 2.17. The number of carboxylic acid groups (broad SMARTS) is 1. The van der Waals surface area contributed by atoms with Crippen LogP contribution in [0.5, 0.6) is 0 Å². The van der Waals surface area contributed by atoms with Crippen LogP contribution in [0.4, 0.5) is 0 Å². The minimum atomic E-state index is -0.778. The van der Waals surface area contributed by atoms with Gasteiger partial charge in [0.15, 0.2) is 0 Å². The van der Waals surface area contributed by atoms with E-state index >= 15 is 0 Å². The molecule has 3 heteroatoms. The van der Waals surface area contributed by atoms with Crippen LogP contribution in [0.1, 0.15) is 38.3 Å². The minimum Gasteiger partial charge on any atom is -0.480 e. The number of hydrogen-bond acceptors (Lipinski definition) is 2. The van der Waals surface area contributed by atoms with Crippen molar-refractivity contribution < 1.29 is 9.90 Å². The molecule has 0 aliphatic heterocycles. The monoisotopic (exact) mass is 271 g/mol. The van der Waals surface area contributed by atoms with E-state index in [4.69, 9.17) is 0 Å². The standard InChI is InChI=1S/C17H21NO2/c1-3-6-16(17(19)20)18-12(2)14-10-9-13-7-4-5-8-15(13)11-14/h4-5,7-12,16,18H,3,6H2,1-2H3,(H,19,20). The van der Waals surface area contributed by atoms with E-state index in [1.165, 1.54) is 10.8 Å². The van der Waals surface area contributed by atoms with Crippen molar-refractivity contribution in [2.75, 3.05) is 0 Å². The summed E-state index contributed by atoms with van der Waals surface area (Å²) in [6.07, 6.45) is 1.50. The average Bonchev–Trinajstić information content (AvgIpc) is 2.46. The summed E-state index contributed by atoms with van der Waals surface area (Å²) < 4.78 is 0. The molecule has 0 aliphatic rings. The van der Waals surface area contributed by atoms with Gasteiger partial charge in [-0.3, -0.25) is 10.1 Å². The summed E-state index contributed by atoms with van der Waals surface area (Å²) in [6, 6.07) is 14.0. The van der Waals surface area contributed by atoms with E-state index < -0.39 is 12.0 Å². The van der Waals surface area contributed by atoms with Crippen LogP contribution in [-0.4, -0.2) is 17.1 Å². The quantitative estimate of drug-likeness (QED) is 0.841. The Hall–Kier alpha value is -1.87. The third-order valence-electron chi connectivity index (χ3n) is 3.60. The molecule has 0 fully saturated rings. The first-order valence-electron chi connectivity index (χ1n) is 7.09. The van der Waals surface area contributed by atoms with Crippen molar-refractivity contribution in [3.63, 3.8) is 0 Å². The molecule has 0 amide bonds.